The van der Waals surface area contributed by atoms with E-state index in [-0.39, 0.29) is 24.1 Å². The average Bonchev–Trinajstić information content (AvgIpc) is 2.98. The fourth-order valence-corrected chi connectivity index (χ4v) is 3.48. The highest BCUT2D eigenvalue weighted by Gasteiger charge is 2.30. The van der Waals surface area contributed by atoms with Crippen LogP contribution in [0.15, 0.2) is 24.4 Å². The molecule has 2 heterocycles. The van der Waals surface area contributed by atoms with Crippen LogP contribution < -0.4 is 10.6 Å². The van der Waals surface area contributed by atoms with Crippen LogP contribution >= 0.6 is 0 Å². The molecule has 2 aromatic heterocycles. The minimum atomic E-state index is -0.327. The fraction of sp³-hybridized carbons (Fsp3) is 0.350. The molecule has 7 heteroatoms. The molecule has 27 heavy (non-hydrogen) atoms. The summed E-state index contributed by atoms with van der Waals surface area (Å²) in [5, 5.41) is 25.8. The number of nitriles is 1. The number of pyridine rings is 1. The number of rotatable bonds is 4. The number of amides is 1. The van der Waals surface area contributed by atoms with Gasteiger partial charge in [0.05, 0.1) is 40.0 Å². The maximum absolute atomic E-state index is 12.8. The van der Waals surface area contributed by atoms with Gasteiger partial charge in [-0.3, -0.25) is 9.78 Å². The molecule has 138 valence electrons. The van der Waals surface area contributed by atoms with E-state index >= 15 is 0 Å². The van der Waals surface area contributed by atoms with Gasteiger partial charge in [0.2, 0.25) is 0 Å². The van der Waals surface area contributed by atoms with Crippen LogP contribution in [0.5, 0.6) is 0 Å². The molecule has 1 amide bonds. The van der Waals surface area contributed by atoms with Crippen LogP contribution in [0.4, 0.5) is 5.69 Å². The maximum atomic E-state index is 12.8. The fourth-order valence-electron chi connectivity index (χ4n) is 3.48. The number of nitrogens with zero attached hydrogens (tertiary/aromatic N) is 2. The first-order chi connectivity index (χ1) is 13.0. The number of hydrogen-bond acceptors (Lipinski definition) is 5. The lowest BCUT2D eigenvalue weighted by molar-refractivity contribution is 0.0563. The van der Waals surface area contributed by atoms with Crippen LogP contribution in [0.2, 0.25) is 0 Å². The molecule has 1 saturated carbocycles. The molecular weight excluding hydrogens is 342 g/mol. The number of fused-ring (bicyclic) bond motifs is 3. The first-order valence-electron chi connectivity index (χ1n) is 9.06. The minimum Gasteiger partial charge on any atom is -0.393 e. The van der Waals surface area contributed by atoms with E-state index in [2.05, 4.69) is 26.7 Å². The van der Waals surface area contributed by atoms with Crippen molar-refractivity contribution in [2.75, 3.05) is 5.32 Å². The summed E-state index contributed by atoms with van der Waals surface area (Å²) >= 11 is 0. The molecule has 0 radical (unpaired) electrons. The Morgan fingerprint density at radius 1 is 1.41 bits per heavy atom. The van der Waals surface area contributed by atoms with Crippen LogP contribution in [-0.2, 0) is 0 Å². The van der Waals surface area contributed by atoms with E-state index in [4.69, 9.17) is 5.26 Å². The highest BCUT2D eigenvalue weighted by atomic mass is 16.3. The van der Waals surface area contributed by atoms with Gasteiger partial charge in [-0.15, -0.1) is 0 Å². The number of aliphatic hydroxyl groups excluding tert-OH is 1. The zero-order chi connectivity index (χ0) is 19.1. The second-order valence-corrected chi connectivity index (χ2v) is 7.36. The smallest absolute Gasteiger partial charge is 0.255 e. The van der Waals surface area contributed by atoms with Crippen molar-refractivity contribution in [3.63, 3.8) is 0 Å². The third-order valence-electron chi connectivity index (χ3n) is 4.87. The topological polar surface area (TPSA) is 114 Å². The molecule has 0 atom stereocenters. The van der Waals surface area contributed by atoms with Crippen molar-refractivity contribution in [1.29, 1.82) is 5.26 Å². The van der Waals surface area contributed by atoms with Gasteiger partial charge in [-0.1, -0.05) is 0 Å². The van der Waals surface area contributed by atoms with Crippen molar-refractivity contribution >= 4 is 33.5 Å². The monoisotopic (exact) mass is 363 g/mol. The summed E-state index contributed by atoms with van der Waals surface area (Å²) in [4.78, 5) is 20.6. The molecule has 1 aromatic carbocycles. The van der Waals surface area contributed by atoms with Crippen LogP contribution in [0.3, 0.4) is 0 Å². The van der Waals surface area contributed by atoms with Crippen LogP contribution in [0.1, 0.15) is 42.6 Å². The predicted octanol–water partition coefficient (Wildman–Crippen LogP) is 2.66. The molecule has 1 fully saturated rings. The number of anilines is 1. The Bertz CT molecular complexity index is 1070. The van der Waals surface area contributed by atoms with Crippen LogP contribution in [-0.4, -0.2) is 39.2 Å². The molecule has 4 rings (SSSR count). The van der Waals surface area contributed by atoms with Crippen molar-refractivity contribution in [3.05, 3.63) is 35.5 Å². The molecule has 0 unspecified atom stereocenters. The Morgan fingerprint density at radius 2 is 2.19 bits per heavy atom. The number of carbonyl (C=O) groups excluding carboxylic acids is 1. The molecule has 0 saturated heterocycles. The summed E-state index contributed by atoms with van der Waals surface area (Å²) in [7, 11) is 0. The first-order valence-corrected chi connectivity index (χ1v) is 9.06. The van der Waals surface area contributed by atoms with Crippen molar-refractivity contribution in [2.45, 2.75) is 44.9 Å². The third-order valence-corrected chi connectivity index (χ3v) is 4.87. The van der Waals surface area contributed by atoms with Gasteiger partial charge in [0.25, 0.3) is 5.91 Å². The lowest BCUT2D eigenvalue weighted by Crippen LogP contribution is -2.46. The highest BCUT2D eigenvalue weighted by Crippen LogP contribution is 2.32. The number of hydrogen-bond donors (Lipinski definition) is 4. The molecule has 0 bridgehead atoms. The largest absolute Gasteiger partial charge is 0.393 e. The second-order valence-electron chi connectivity index (χ2n) is 7.36. The van der Waals surface area contributed by atoms with Crippen molar-refractivity contribution in [2.24, 2.45) is 0 Å². The Morgan fingerprint density at radius 3 is 2.85 bits per heavy atom. The summed E-state index contributed by atoms with van der Waals surface area (Å²) in [6.07, 6.45) is 2.42. The predicted molar refractivity (Wildman–Crippen MR) is 104 cm³/mol. The van der Waals surface area contributed by atoms with E-state index in [0.29, 0.717) is 29.7 Å². The molecule has 1 aliphatic rings. The molecule has 3 aromatic rings. The molecule has 1 aliphatic carbocycles. The Labute approximate surface area is 156 Å². The van der Waals surface area contributed by atoms with E-state index in [1.54, 1.807) is 18.3 Å². The standard InChI is InChI=1S/C20H21N5O2/c1-10(2)23-18-15(20(27)24-12-6-13(26)7-12)9-22-17-14-4-3-11(8-21)5-16(14)25-19(17)18/h3-5,9-10,12-13,25-26H,6-7H2,1-2H3,(H,22,23)(H,24,27). The van der Waals surface area contributed by atoms with Gasteiger partial charge in [0.1, 0.15) is 0 Å². The quantitative estimate of drug-likeness (QED) is 0.569. The zero-order valence-corrected chi connectivity index (χ0v) is 15.2. The Kier molecular flexibility index (Phi) is 4.21. The van der Waals surface area contributed by atoms with Gasteiger partial charge < -0.3 is 20.7 Å². The van der Waals surface area contributed by atoms with Crippen LogP contribution in [0, 0.1) is 11.3 Å². The van der Waals surface area contributed by atoms with Gasteiger partial charge in [0, 0.05) is 29.2 Å². The van der Waals surface area contributed by atoms with Gasteiger partial charge in [-0.2, -0.15) is 5.26 Å². The van der Waals surface area contributed by atoms with E-state index in [1.165, 1.54) is 0 Å². The van der Waals surface area contributed by atoms with E-state index in [9.17, 15) is 9.90 Å². The zero-order valence-electron chi connectivity index (χ0n) is 15.2. The van der Waals surface area contributed by atoms with Crippen molar-refractivity contribution < 1.29 is 9.90 Å². The summed E-state index contributed by atoms with van der Waals surface area (Å²) in [6.45, 7) is 4.01. The highest BCUT2D eigenvalue weighted by molar-refractivity contribution is 6.14. The molecule has 7 nitrogen and oxygen atoms in total. The summed E-state index contributed by atoms with van der Waals surface area (Å²) < 4.78 is 0. The lowest BCUT2D eigenvalue weighted by atomic mass is 9.89. The molecule has 0 spiro atoms. The molecule has 4 N–H and O–H groups in total. The lowest BCUT2D eigenvalue weighted by Gasteiger charge is -2.32. The van der Waals surface area contributed by atoms with Crippen molar-refractivity contribution in [3.8, 4) is 6.07 Å². The number of carbonyl (C=O) groups is 1. The van der Waals surface area contributed by atoms with Gasteiger partial charge in [0.15, 0.2) is 0 Å². The summed E-state index contributed by atoms with van der Waals surface area (Å²) in [5.74, 6) is -0.208. The summed E-state index contributed by atoms with van der Waals surface area (Å²) in [5.41, 5.74) is 4.03. The van der Waals surface area contributed by atoms with Crippen LogP contribution in [0.25, 0.3) is 21.9 Å². The maximum Gasteiger partial charge on any atom is 0.255 e. The number of aromatic amines is 1. The number of H-pyrrole nitrogens is 1. The third kappa shape index (κ3) is 3.09. The first kappa shape index (κ1) is 17.3. The van der Waals surface area contributed by atoms with Crippen molar-refractivity contribution in [1.82, 2.24) is 15.3 Å². The number of aliphatic hydroxyl groups is 1. The SMILES string of the molecule is CC(C)Nc1c(C(=O)NC2CC(O)C2)cnc2c1[nH]c1cc(C#N)ccc12. The Balaban J connectivity index is 1.82. The Hall–Kier alpha value is -3.11. The van der Waals surface area contributed by atoms with E-state index in [1.807, 2.05) is 19.9 Å². The van der Waals surface area contributed by atoms with E-state index < -0.39 is 0 Å². The van der Waals surface area contributed by atoms with Gasteiger partial charge in [-0.25, -0.2) is 0 Å². The van der Waals surface area contributed by atoms with Gasteiger partial charge >= 0.3 is 0 Å². The normalized spacial score (nSPS) is 19.1. The summed E-state index contributed by atoms with van der Waals surface area (Å²) in [6, 6.07) is 7.66. The molecule has 0 aliphatic heterocycles. The van der Waals surface area contributed by atoms with Gasteiger partial charge in [-0.05, 0) is 44.9 Å². The second kappa shape index (κ2) is 6.56. The average molecular weight is 363 g/mol. The molecular formula is C20H21N5O2. The number of aromatic nitrogens is 2. The number of nitrogens with one attached hydrogen (secondary N) is 3. The van der Waals surface area contributed by atoms with E-state index in [0.717, 1.165) is 21.9 Å². The minimum absolute atomic E-state index is 0.00371. The number of benzene rings is 1.